The van der Waals surface area contributed by atoms with Crippen molar-refractivity contribution in [3.05, 3.63) is 24.3 Å². The van der Waals surface area contributed by atoms with E-state index in [2.05, 4.69) is 31.3 Å². The van der Waals surface area contributed by atoms with Crippen molar-refractivity contribution in [3.8, 4) is 0 Å². The first-order chi connectivity index (χ1) is 32.0. The number of ether oxygens (including phenoxy) is 1. The van der Waals surface area contributed by atoms with Gasteiger partial charge in [-0.25, -0.2) is 0 Å². The van der Waals surface area contributed by atoms with E-state index in [0.717, 1.165) is 57.8 Å². The van der Waals surface area contributed by atoms with Gasteiger partial charge in [-0.2, -0.15) is 0 Å². The summed E-state index contributed by atoms with van der Waals surface area (Å²) in [4.78, 5) is 24.5. The minimum absolute atomic E-state index is 0.0131. The molecule has 0 radical (unpaired) electrons. The molecule has 0 heterocycles. The average molecular weight is 917 g/mol. The monoisotopic (exact) mass is 916 g/mol. The molecule has 0 aromatic rings. The number of aliphatic hydroxyl groups is 2. The number of nitrogens with one attached hydrogen (secondary N) is 1. The van der Waals surface area contributed by atoms with E-state index in [1.807, 2.05) is 6.08 Å². The van der Waals surface area contributed by atoms with Gasteiger partial charge in [0.2, 0.25) is 5.91 Å². The smallest absolute Gasteiger partial charge is 0.305 e. The van der Waals surface area contributed by atoms with E-state index in [9.17, 15) is 19.8 Å². The summed E-state index contributed by atoms with van der Waals surface area (Å²) in [6.45, 7) is 4.87. The molecule has 0 aliphatic heterocycles. The molecular weight excluding hydrogens is 803 g/mol. The van der Waals surface area contributed by atoms with Crippen LogP contribution in [0.25, 0.3) is 0 Å². The second-order valence-electron chi connectivity index (χ2n) is 20.0. The molecule has 65 heavy (non-hydrogen) atoms. The molecule has 384 valence electrons. The van der Waals surface area contributed by atoms with E-state index in [1.54, 1.807) is 6.08 Å². The zero-order chi connectivity index (χ0) is 47.2. The molecule has 2 atom stereocenters. The zero-order valence-electron chi connectivity index (χ0n) is 43.7. The predicted octanol–water partition coefficient (Wildman–Crippen LogP) is 17.9. The second kappa shape index (κ2) is 54.9. The number of amides is 1. The summed E-state index contributed by atoms with van der Waals surface area (Å²) in [5.74, 6) is -0.0892. The molecule has 2 unspecified atom stereocenters. The summed E-state index contributed by atoms with van der Waals surface area (Å²) in [7, 11) is 0. The number of carbonyl (C=O) groups excluding carboxylic acids is 2. The number of esters is 1. The maximum absolute atomic E-state index is 12.5. The van der Waals surface area contributed by atoms with Gasteiger partial charge in [-0.1, -0.05) is 269 Å². The first-order valence-electron chi connectivity index (χ1n) is 29.1. The fourth-order valence-corrected chi connectivity index (χ4v) is 8.98. The molecule has 0 bridgehead atoms. The summed E-state index contributed by atoms with van der Waals surface area (Å²) in [6.07, 6.45) is 66.2. The predicted molar refractivity (Wildman–Crippen MR) is 283 cm³/mol. The molecule has 6 nitrogen and oxygen atoms in total. The van der Waals surface area contributed by atoms with Crippen molar-refractivity contribution in [3.63, 3.8) is 0 Å². The van der Waals surface area contributed by atoms with Crippen LogP contribution >= 0.6 is 0 Å². The molecule has 3 N–H and O–H groups in total. The lowest BCUT2D eigenvalue weighted by Crippen LogP contribution is -2.45. The highest BCUT2D eigenvalue weighted by Crippen LogP contribution is 2.17. The number of carbonyl (C=O) groups is 2. The van der Waals surface area contributed by atoms with Gasteiger partial charge in [0.15, 0.2) is 0 Å². The van der Waals surface area contributed by atoms with E-state index in [0.29, 0.717) is 19.4 Å². The topological polar surface area (TPSA) is 95.9 Å². The van der Waals surface area contributed by atoms with E-state index >= 15 is 0 Å². The molecule has 0 aliphatic rings. The van der Waals surface area contributed by atoms with Gasteiger partial charge in [-0.05, 0) is 57.8 Å². The Morgan fingerprint density at radius 1 is 0.415 bits per heavy atom. The Morgan fingerprint density at radius 3 is 1.12 bits per heavy atom. The van der Waals surface area contributed by atoms with Gasteiger partial charge >= 0.3 is 5.97 Å². The minimum atomic E-state index is -0.852. The molecule has 0 aliphatic carbocycles. The lowest BCUT2D eigenvalue weighted by molar-refractivity contribution is -0.143. The number of aliphatic hydroxyl groups excluding tert-OH is 2. The fraction of sp³-hybridized carbons (Fsp3) is 0.898. The summed E-state index contributed by atoms with van der Waals surface area (Å²) in [5.41, 5.74) is 0. The van der Waals surface area contributed by atoms with Gasteiger partial charge < -0.3 is 20.3 Å². The Bertz CT molecular complexity index is 1010. The molecule has 0 saturated heterocycles. The zero-order valence-corrected chi connectivity index (χ0v) is 43.7. The van der Waals surface area contributed by atoms with Crippen LogP contribution in [0.15, 0.2) is 24.3 Å². The van der Waals surface area contributed by atoms with Crippen molar-refractivity contribution < 1.29 is 24.5 Å². The summed E-state index contributed by atoms with van der Waals surface area (Å²) in [6, 6.07) is -0.637. The standard InChI is InChI=1S/C59H113NO5/c1-3-5-7-9-11-13-15-17-18-19-20-21-22-23-24-25-28-31-35-39-43-47-51-57(62)56(55-61)60-58(63)52-48-44-40-36-32-29-26-27-30-34-38-42-46-50-54-65-59(64)53-49-45-41-37-33-16-14-12-10-8-6-4-2/h12,14,47,51,56-57,61-62H,3-11,13,15-46,48-50,52-55H2,1-2H3,(H,60,63)/b14-12-,51-47+. The van der Waals surface area contributed by atoms with E-state index in [4.69, 9.17) is 4.74 Å². The van der Waals surface area contributed by atoms with Crippen LogP contribution in [-0.2, 0) is 14.3 Å². The molecule has 0 saturated carbocycles. The van der Waals surface area contributed by atoms with Gasteiger partial charge in [0.25, 0.3) is 0 Å². The molecule has 1 amide bonds. The Kier molecular flexibility index (Phi) is 53.5. The second-order valence-corrected chi connectivity index (χ2v) is 20.0. The third kappa shape index (κ3) is 51.6. The SMILES string of the molecule is CCCCC/C=C\CCCCCCCC(=O)OCCCCCCCCCCCCCCCCC(=O)NC(CO)C(O)/C=C/CCCCCCCCCCCCCCCCCCCCCC. The number of unbranched alkanes of at least 4 members (excludes halogenated alkanes) is 41. The third-order valence-corrected chi connectivity index (χ3v) is 13.5. The molecule has 6 heteroatoms. The quantitative estimate of drug-likeness (QED) is 0.0321. The Labute approximate surface area is 405 Å². The Balaban J connectivity index is 3.48. The molecule has 0 spiro atoms. The van der Waals surface area contributed by atoms with Crippen LogP contribution in [0.2, 0.25) is 0 Å². The maximum atomic E-state index is 12.5. The molecule has 0 fully saturated rings. The Hall–Kier alpha value is -1.66. The highest BCUT2D eigenvalue weighted by molar-refractivity contribution is 5.76. The number of hydrogen-bond acceptors (Lipinski definition) is 5. The van der Waals surface area contributed by atoms with E-state index < -0.39 is 12.1 Å². The van der Waals surface area contributed by atoms with Crippen molar-refractivity contribution in [2.45, 2.75) is 328 Å². The van der Waals surface area contributed by atoms with Crippen molar-refractivity contribution in [1.82, 2.24) is 5.32 Å². The van der Waals surface area contributed by atoms with Crippen molar-refractivity contribution >= 4 is 11.9 Å². The first-order valence-corrected chi connectivity index (χ1v) is 29.1. The van der Waals surface area contributed by atoms with Crippen LogP contribution in [-0.4, -0.2) is 47.4 Å². The largest absolute Gasteiger partial charge is 0.466 e. The highest BCUT2D eigenvalue weighted by atomic mass is 16.5. The molecule has 0 aromatic heterocycles. The maximum Gasteiger partial charge on any atom is 0.305 e. The highest BCUT2D eigenvalue weighted by Gasteiger charge is 2.18. The van der Waals surface area contributed by atoms with Crippen LogP contribution in [0.5, 0.6) is 0 Å². The van der Waals surface area contributed by atoms with Crippen molar-refractivity contribution in [1.29, 1.82) is 0 Å². The van der Waals surface area contributed by atoms with Gasteiger partial charge in [-0.3, -0.25) is 9.59 Å². The van der Waals surface area contributed by atoms with Crippen molar-refractivity contribution in [2.24, 2.45) is 0 Å². The van der Waals surface area contributed by atoms with Crippen LogP contribution in [0, 0.1) is 0 Å². The van der Waals surface area contributed by atoms with Gasteiger partial charge in [0.1, 0.15) is 0 Å². The Morgan fingerprint density at radius 2 is 0.723 bits per heavy atom. The van der Waals surface area contributed by atoms with Gasteiger partial charge in [0.05, 0.1) is 25.4 Å². The van der Waals surface area contributed by atoms with Crippen LogP contribution < -0.4 is 5.32 Å². The van der Waals surface area contributed by atoms with Crippen LogP contribution in [0.4, 0.5) is 0 Å². The summed E-state index contributed by atoms with van der Waals surface area (Å²) in [5, 5.41) is 23.2. The number of hydrogen-bond donors (Lipinski definition) is 3. The van der Waals surface area contributed by atoms with Gasteiger partial charge in [0, 0.05) is 12.8 Å². The number of rotatable bonds is 54. The van der Waals surface area contributed by atoms with Crippen molar-refractivity contribution in [2.75, 3.05) is 13.2 Å². The first kappa shape index (κ1) is 63.3. The van der Waals surface area contributed by atoms with Crippen LogP contribution in [0.3, 0.4) is 0 Å². The summed E-state index contributed by atoms with van der Waals surface area (Å²) >= 11 is 0. The summed E-state index contributed by atoms with van der Waals surface area (Å²) < 4.78 is 5.45. The van der Waals surface area contributed by atoms with E-state index in [-0.39, 0.29) is 18.5 Å². The molecule has 0 aromatic carbocycles. The lowest BCUT2D eigenvalue weighted by atomic mass is 10.0. The van der Waals surface area contributed by atoms with Gasteiger partial charge in [-0.15, -0.1) is 0 Å². The lowest BCUT2D eigenvalue weighted by Gasteiger charge is -2.20. The average Bonchev–Trinajstić information content (AvgIpc) is 3.31. The van der Waals surface area contributed by atoms with E-state index in [1.165, 1.54) is 231 Å². The molecule has 0 rings (SSSR count). The number of allylic oxidation sites excluding steroid dienone is 3. The normalized spacial score (nSPS) is 12.7. The molecular formula is C59H113NO5. The third-order valence-electron chi connectivity index (χ3n) is 13.5. The minimum Gasteiger partial charge on any atom is -0.466 e. The fourth-order valence-electron chi connectivity index (χ4n) is 8.98. The van der Waals surface area contributed by atoms with Crippen LogP contribution in [0.1, 0.15) is 316 Å².